The van der Waals surface area contributed by atoms with Crippen molar-refractivity contribution in [1.29, 1.82) is 0 Å². The van der Waals surface area contributed by atoms with E-state index in [0.29, 0.717) is 6.42 Å². The van der Waals surface area contributed by atoms with Crippen LogP contribution in [0.1, 0.15) is 38.5 Å². The number of halogens is 3. The Labute approximate surface area is 77.1 Å². The summed E-state index contributed by atoms with van der Waals surface area (Å²) in [5.74, 6) is -1.26. The topological polar surface area (TPSA) is 0 Å². The maximum Gasteiger partial charge on any atom is 0.301 e. The molecule has 0 bridgehead atoms. The number of unbranched alkanes of at least 4 members (excludes halogenated alkanes) is 4. The summed E-state index contributed by atoms with van der Waals surface area (Å²) in [6.45, 7) is 3.56. The van der Waals surface area contributed by atoms with E-state index in [9.17, 15) is 13.2 Å². The van der Waals surface area contributed by atoms with Crippen LogP contribution in [-0.4, -0.2) is 0 Å². The maximum atomic E-state index is 12.2. The van der Waals surface area contributed by atoms with Crippen LogP contribution < -0.4 is 0 Å². The van der Waals surface area contributed by atoms with Gasteiger partial charge in [0.1, 0.15) is 0 Å². The second kappa shape index (κ2) is 7.90. The van der Waals surface area contributed by atoms with Crippen LogP contribution in [0.4, 0.5) is 13.2 Å². The molecule has 0 saturated heterocycles. The van der Waals surface area contributed by atoms with Gasteiger partial charge in [0.15, 0.2) is 5.83 Å². The Morgan fingerprint density at radius 3 is 2.15 bits per heavy atom. The van der Waals surface area contributed by atoms with Crippen LogP contribution in [0.25, 0.3) is 0 Å². The second-order valence-electron chi connectivity index (χ2n) is 2.91. The Balaban J connectivity index is 3.26. The zero-order valence-electron chi connectivity index (χ0n) is 7.66. The standard InChI is InChI=1S/C10H15F3/c1-2-3-4-5-6-7-8-9(11)10(12)13/h2H,1,3-8H2. The molecule has 0 spiro atoms. The van der Waals surface area contributed by atoms with Crippen molar-refractivity contribution >= 4 is 0 Å². The monoisotopic (exact) mass is 192 g/mol. The molecular formula is C10H15F3. The van der Waals surface area contributed by atoms with E-state index in [2.05, 4.69) is 6.58 Å². The van der Waals surface area contributed by atoms with Gasteiger partial charge in [-0.1, -0.05) is 18.9 Å². The molecule has 0 N–H and O–H groups in total. The summed E-state index contributed by atoms with van der Waals surface area (Å²) in [6, 6.07) is 0. The molecule has 0 atom stereocenters. The highest BCUT2D eigenvalue weighted by Gasteiger charge is 2.03. The summed E-state index contributed by atoms with van der Waals surface area (Å²) >= 11 is 0. The number of hydrogen-bond donors (Lipinski definition) is 0. The lowest BCUT2D eigenvalue weighted by Crippen LogP contribution is -1.80. The van der Waals surface area contributed by atoms with Crippen molar-refractivity contribution in [1.82, 2.24) is 0 Å². The predicted molar refractivity (Wildman–Crippen MR) is 48.2 cm³/mol. The zero-order valence-corrected chi connectivity index (χ0v) is 7.66. The molecule has 76 valence electrons. The van der Waals surface area contributed by atoms with Crippen molar-refractivity contribution in [3.05, 3.63) is 24.6 Å². The molecule has 0 fully saturated rings. The van der Waals surface area contributed by atoms with Gasteiger partial charge in [-0.05, 0) is 19.3 Å². The molecule has 0 saturated carbocycles. The minimum Gasteiger partial charge on any atom is -0.206 e. The van der Waals surface area contributed by atoms with Gasteiger partial charge in [-0.2, -0.15) is 8.78 Å². The lowest BCUT2D eigenvalue weighted by atomic mass is 10.1. The number of rotatable bonds is 7. The van der Waals surface area contributed by atoms with Crippen LogP contribution in [0.15, 0.2) is 24.6 Å². The maximum absolute atomic E-state index is 12.2. The normalized spacial score (nSPS) is 9.77. The zero-order chi connectivity index (χ0) is 10.1. The molecule has 0 aromatic rings. The molecule has 3 heteroatoms. The molecular weight excluding hydrogens is 177 g/mol. The molecule has 0 aliphatic heterocycles. The molecule has 0 aromatic heterocycles. The summed E-state index contributed by atoms with van der Waals surface area (Å²) in [5.41, 5.74) is 0. The Kier molecular flexibility index (Phi) is 7.45. The van der Waals surface area contributed by atoms with E-state index < -0.39 is 11.9 Å². The minimum atomic E-state index is -2.17. The summed E-state index contributed by atoms with van der Waals surface area (Å²) in [6.07, 6.45) is 3.72. The minimum absolute atomic E-state index is 0.129. The highest BCUT2D eigenvalue weighted by atomic mass is 19.3. The lowest BCUT2D eigenvalue weighted by molar-refractivity contribution is 0.367. The van der Waals surface area contributed by atoms with E-state index in [4.69, 9.17) is 0 Å². The van der Waals surface area contributed by atoms with Gasteiger partial charge in [0.25, 0.3) is 0 Å². The third-order valence-corrected chi connectivity index (χ3v) is 1.76. The van der Waals surface area contributed by atoms with Crippen molar-refractivity contribution in [3.63, 3.8) is 0 Å². The molecule has 0 radical (unpaired) electrons. The highest BCUT2D eigenvalue weighted by Crippen LogP contribution is 2.17. The molecule has 0 nitrogen and oxygen atoms in total. The van der Waals surface area contributed by atoms with Crippen LogP contribution in [0, 0.1) is 0 Å². The smallest absolute Gasteiger partial charge is 0.206 e. The lowest BCUT2D eigenvalue weighted by Gasteiger charge is -1.97. The first-order valence-electron chi connectivity index (χ1n) is 4.49. The van der Waals surface area contributed by atoms with E-state index >= 15 is 0 Å². The Morgan fingerprint density at radius 2 is 1.62 bits per heavy atom. The first-order valence-corrected chi connectivity index (χ1v) is 4.49. The van der Waals surface area contributed by atoms with E-state index in [1.807, 2.05) is 6.08 Å². The van der Waals surface area contributed by atoms with E-state index in [1.54, 1.807) is 0 Å². The predicted octanol–water partition coefficient (Wildman–Crippen LogP) is 4.59. The third kappa shape index (κ3) is 7.62. The first-order chi connectivity index (χ1) is 6.18. The molecule has 0 aliphatic rings. The Hall–Kier alpha value is -0.730. The van der Waals surface area contributed by atoms with Gasteiger partial charge in [0.2, 0.25) is 0 Å². The van der Waals surface area contributed by atoms with Crippen molar-refractivity contribution in [2.24, 2.45) is 0 Å². The van der Waals surface area contributed by atoms with Crippen LogP contribution >= 0.6 is 0 Å². The molecule has 0 aromatic carbocycles. The van der Waals surface area contributed by atoms with Gasteiger partial charge < -0.3 is 0 Å². The van der Waals surface area contributed by atoms with Crippen molar-refractivity contribution < 1.29 is 13.2 Å². The summed E-state index contributed by atoms with van der Waals surface area (Å²) in [5, 5.41) is 0. The number of allylic oxidation sites excluding steroid dienone is 2. The van der Waals surface area contributed by atoms with Gasteiger partial charge >= 0.3 is 6.08 Å². The Bertz CT molecular complexity index is 169. The van der Waals surface area contributed by atoms with Gasteiger partial charge in [-0.15, -0.1) is 6.58 Å². The summed E-state index contributed by atoms with van der Waals surface area (Å²) < 4.78 is 35.3. The van der Waals surface area contributed by atoms with Gasteiger partial charge in [0.05, 0.1) is 0 Å². The van der Waals surface area contributed by atoms with E-state index in [0.717, 1.165) is 25.7 Å². The molecule has 0 unspecified atom stereocenters. The summed E-state index contributed by atoms with van der Waals surface area (Å²) in [7, 11) is 0. The van der Waals surface area contributed by atoms with E-state index in [1.165, 1.54) is 0 Å². The van der Waals surface area contributed by atoms with Crippen LogP contribution in [0.3, 0.4) is 0 Å². The third-order valence-electron chi connectivity index (χ3n) is 1.76. The van der Waals surface area contributed by atoms with Crippen LogP contribution in [0.5, 0.6) is 0 Å². The van der Waals surface area contributed by atoms with Gasteiger partial charge in [-0.25, -0.2) is 4.39 Å². The molecule has 0 amide bonds. The largest absolute Gasteiger partial charge is 0.301 e. The van der Waals surface area contributed by atoms with Crippen molar-refractivity contribution in [2.45, 2.75) is 38.5 Å². The second-order valence-corrected chi connectivity index (χ2v) is 2.91. The highest BCUT2D eigenvalue weighted by molar-refractivity contribution is 4.90. The van der Waals surface area contributed by atoms with Crippen molar-refractivity contribution in [3.8, 4) is 0 Å². The van der Waals surface area contributed by atoms with E-state index in [-0.39, 0.29) is 6.42 Å². The average molecular weight is 192 g/mol. The number of hydrogen-bond acceptors (Lipinski definition) is 0. The first kappa shape index (κ1) is 12.3. The Morgan fingerprint density at radius 1 is 1.00 bits per heavy atom. The quantitative estimate of drug-likeness (QED) is 0.408. The fourth-order valence-corrected chi connectivity index (χ4v) is 1.02. The van der Waals surface area contributed by atoms with Crippen molar-refractivity contribution in [2.75, 3.05) is 0 Å². The average Bonchev–Trinajstić information content (AvgIpc) is 2.10. The van der Waals surface area contributed by atoms with Crippen LogP contribution in [-0.2, 0) is 0 Å². The molecule has 0 aliphatic carbocycles. The fraction of sp³-hybridized carbons (Fsp3) is 0.600. The molecule has 0 heterocycles. The molecule has 0 rings (SSSR count). The summed E-state index contributed by atoms with van der Waals surface area (Å²) in [4.78, 5) is 0. The van der Waals surface area contributed by atoms with Crippen LogP contribution in [0.2, 0.25) is 0 Å². The van der Waals surface area contributed by atoms with Gasteiger partial charge in [0, 0.05) is 6.42 Å². The SMILES string of the molecule is C=CCCCCCCC(F)=C(F)F. The van der Waals surface area contributed by atoms with Gasteiger partial charge in [-0.3, -0.25) is 0 Å². The fourth-order valence-electron chi connectivity index (χ4n) is 1.02. The molecule has 13 heavy (non-hydrogen) atoms.